The van der Waals surface area contributed by atoms with E-state index in [4.69, 9.17) is 9.72 Å². The topological polar surface area (TPSA) is 148 Å². The molecule has 5 heterocycles. The van der Waals surface area contributed by atoms with Crippen LogP contribution in [0.1, 0.15) is 59.6 Å². The number of fused-ring (bicyclic) bond motifs is 1. The number of imidazole rings is 1. The molecule has 2 aliphatic carbocycles. The van der Waals surface area contributed by atoms with Gasteiger partial charge in [0.1, 0.15) is 24.8 Å². The lowest BCUT2D eigenvalue weighted by molar-refractivity contribution is -0.124. The van der Waals surface area contributed by atoms with Crippen molar-refractivity contribution in [2.45, 2.75) is 51.6 Å². The fourth-order valence-electron chi connectivity index (χ4n) is 5.29. The zero-order valence-electron chi connectivity index (χ0n) is 23.4. The zero-order chi connectivity index (χ0) is 29.1. The van der Waals surface area contributed by atoms with E-state index < -0.39 is 0 Å². The first-order valence-corrected chi connectivity index (χ1v) is 13.9. The number of rotatable bonds is 8. The highest BCUT2D eigenvalue weighted by Crippen LogP contribution is 2.46. The number of urea groups is 1. The van der Waals surface area contributed by atoms with Crippen LogP contribution >= 0.6 is 0 Å². The van der Waals surface area contributed by atoms with Crippen LogP contribution < -0.4 is 15.0 Å². The summed E-state index contributed by atoms with van der Waals surface area (Å²) in [5.41, 5.74) is 4.37. The Morgan fingerprint density at radius 1 is 1.07 bits per heavy atom. The lowest BCUT2D eigenvalue weighted by Gasteiger charge is -2.17. The third kappa shape index (κ3) is 4.91. The molecule has 3 fully saturated rings. The maximum atomic E-state index is 12.9. The van der Waals surface area contributed by atoms with Crippen LogP contribution in [0.2, 0.25) is 0 Å². The summed E-state index contributed by atoms with van der Waals surface area (Å²) in [4.78, 5) is 62.7. The van der Waals surface area contributed by atoms with Gasteiger partial charge < -0.3 is 14.5 Å². The largest absolute Gasteiger partial charge is 0.457 e. The van der Waals surface area contributed by atoms with Crippen LogP contribution in [0, 0.1) is 19.8 Å². The second-order valence-corrected chi connectivity index (χ2v) is 11.2. The third-order valence-corrected chi connectivity index (χ3v) is 7.83. The molecule has 2 saturated carbocycles. The Balaban J connectivity index is 1.07. The number of pyridine rings is 1. The Hall–Kier alpha value is -4.94. The van der Waals surface area contributed by atoms with Crippen molar-refractivity contribution in [1.82, 2.24) is 34.2 Å². The van der Waals surface area contributed by atoms with Crippen molar-refractivity contribution < 1.29 is 19.1 Å². The number of ether oxygens (including phenoxy) is 1. The number of carbonyl (C=O) groups is 3. The summed E-state index contributed by atoms with van der Waals surface area (Å²) in [6, 6.07) is 5.22. The quantitative estimate of drug-likeness (QED) is 0.317. The van der Waals surface area contributed by atoms with Crippen molar-refractivity contribution in [2.24, 2.45) is 5.92 Å². The fourth-order valence-corrected chi connectivity index (χ4v) is 5.29. The van der Waals surface area contributed by atoms with E-state index in [1.807, 2.05) is 35.9 Å². The summed E-state index contributed by atoms with van der Waals surface area (Å²) in [5, 5.41) is 2.88. The van der Waals surface area contributed by atoms with Gasteiger partial charge in [0.25, 0.3) is 0 Å². The van der Waals surface area contributed by atoms with Gasteiger partial charge in [0.05, 0.1) is 11.4 Å². The first kappa shape index (κ1) is 26.0. The maximum absolute atomic E-state index is 12.9. The van der Waals surface area contributed by atoms with Crippen LogP contribution in [0.15, 0.2) is 36.8 Å². The number of carbonyl (C=O) groups excluding carboxylic acids is 3. The first-order chi connectivity index (χ1) is 20.2. The highest BCUT2D eigenvalue weighted by molar-refractivity contribution is 6.13. The van der Waals surface area contributed by atoms with E-state index in [0.717, 1.165) is 29.0 Å². The molecule has 4 aromatic rings. The molecule has 42 heavy (non-hydrogen) atoms. The summed E-state index contributed by atoms with van der Waals surface area (Å²) >= 11 is 0. The van der Waals surface area contributed by atoms with Crippen LogP contribution in [-0.2, 0) is 16.2 Å². The van der Waals surface area contributed by atoms with Crippen molar-refractivity contribution in [3.63, 3.8) is 0 Å². The molecule has 2 unspecified atom stereocenters. The molecule has 0 spiro atoms. The molecule has 0 bridgehead atoms. The minimum absolute atomic E-state index is 0.00158. The van der Waals surface area contributed by atoms with Gasteiger partial charge in [-0.2, -0.15) is 4.98 Å². The van der Waals surface area contributed by atoms with Gasteiger partial charge in [-0.05, 0) is 56.7 Å². The summed E-state index contributed by atoms with van der Waals surface area (Å²) in [7, 11) is 1.48. The molecule has 13 nitrogen and oxygen atoms in total. The van der Waals surface area contributed by atoms with Crippen molar-refractivity contribution in [2.75, 3.05) is 23.8 Å². The Bertz CT molecular complexity index is 1770. The lowest BCUT2D eigenvalue weighted by Crippen LogP contribution is -2.30. The number of aryl methyl sites for hydroxylation is 2. The number of amides is 4. The molecule has 1 saturated heterocycles. The predicted molar refractivity (Wildman–Crippen MR) is 150 cm³/mol. The number of likely N-dealkylation sites (N-methyl/N-ethyl adjacent to an activating group) is 1. The van der Waals surface area contributed by atoms with Crippen molar-refractivity contribution in [3.8, 4) is 6.01 Å². The minimum atomic E-state index is -0.373. The zero-order valence-corrected chi connectivity index (χ0v) is 23.4. The van der Waals surface area contributed by atoms with E-state index in [0.29, 0.717) is 46.7 Å². The van der Waals surface area contributed by atoms with E-state index in [9.17, 15) is 14.4 Å². The monoisotopic (exact) mass is 567 g/mol. The van der Waals surface area contributed by atoms with Gasteiger partial charge in [0.15, 0.2) is 5.65 Å². The molecule has 7 rings (SSSR count). The van der Waals surface area contributed by atoms with Gasteiger partial charge in [-0.1, -0.05) is 0 Å². The number of hydrogen-bond acceptors (Lipinski definition) is 9. The average molecular weight is 568 g/mol. The highest BCUT2D eigenvalue weighted by atomic mass is 16.5. The summed E-state index contributed by atoms with van der Waals surface area (Å²) < 4.78 is 7.78. The number of anilines is 2. The predicted octanol–water partition coefficient (Wildman–Crippen LogP) is 3.13. The first-order valence-electron chi connectivity index (χ1n) is 13.9. The van der Waals surface area contributed by atoms with Gasteiger partial charge in [-0.15, -0.1) is 0 Å². The van der Waals surface area contributed by atoms with E-state index in [-0.39, 0.29) is 48.8 Å². The molecule has 0 aromatic carbocycles. The van der Waals surface area contributed by atoms with E-state index in [1.165, 1.54) is 11.9 Å². The second kappa shape index (κ2) is 9.86. The van der Waals surface area contributed by atoms with Crippen LogP contribution in [0.5, 0.6) is 6.01 Å². The molecule has 4 aromatic heterocycles. The van der Waals surface area contributed by atoms with Crippen LogP contribution in [-0.4, -0.2) is 65.7 Å². The van der Waals surface area contributed by atoms with Crippen LogP contribution in [0.3, 0.4) is 0 Å². The SMILES string of the molecule is Cc1cc(NC(=O)C2CC2c2nccc(C)n2)nc(OCc2cn3cc(C4CC4)cc(N4CC(=O)N(C)C4=O)c3n2)n1. The molecule has 3 aliphatic rings. The number of nitrogens with zero attached hydrogens (tertiary/aromatic N) is 8. The Morgan fingerprint density at radius 2 is 1.90 bits per heavy atom. The van der Waals surface area contributed by atoms with E-state index in [1.54, 1.807) is 19.2 Å². The minimum Gasteiger partial charge on any atom is -0.457 e. The molecule has 0 radical (unpaired) electrons. The summed E-state index contributed by atoms with van der Waals surface area (Å²) in [5.74, 6) is 0.858. The molecule has 1 N–H and O–H groups in total. The smallest absolute Gasteiger partial charge is 0.331 e. The van der Waals surface area contributed by atoms with Gasteiger partial charge in [0, 0.05) is 54.9 Å². The molecule has 214 valence electrons. The van der Waals surface area contributed by atoms with Crippen molar-refractivity contribution >= 4 is 35.0 Å². The van der Waals surface area contributed by atoms with Gasteiger partial charge in [0.2, 0.25) is 11.8 Å². The molecular formula is C29H29N9O4. The Morgan fingerprint density at radius 3 is 2.64 bits per heavy atom. The van der Waals surface area contributed by atoms with Crippen molar-refractivity contribution in [1.29, 1.82) is 0 Å². The number of hydrogen-bond donors (Lipinski definition) is 1. The molecule has 1 aliphatic heterocycles. The number of nitrogens with one attached hydrogen (secondary N) is 1. The molecule has 4 amide bonds. The van der Waals surface area contributed by atoms with Gasteiger partial charge in [-0.25, -0.2) is 24.7 Å². The van der Waals surface area contributed by atoms with Gasteiger partial charge in [-0.3, -0.25) is 19.4 Å². The standard InChI is InChI=1S/C29H29N9O4/c1-15-6-7-30-25(31-15)20-10-21(20)27(40)34-23-8-16(2)32-28(35-23)42-14-19-12-37-11-18(17-4-5-17)9-22(26(37)33-19)38-13-24(39)36(3)29(38)41/h6-9,11-12,17,20-21H,4-5,10,13-14H2,1-3H3,(H,32,34,35,40). The number of imide groups is 1. The molecular weight excluding hydrogens is 538 g/mol. The second-order valence-electron chi connectivity index (χ2n) is 11.2. The summed E-state index contributed by atoms with van der Waals surface area (Å²) in [6.07, 6.45) is 8.44. The molecule has 13 heteroatoms. The average Bonchev–Trinajstić information content (AvgIpc) is 3.88. The molecule has 2 atom stereocenters. The van der Waals surface area contributed by atoms with E-state index >= 15 is 0 Å². The Kier molecular flexibility index (Phi) is 6.10. The van der Waals surface area contributed by atoms with Crippen molar-refractivity contribution in [3.05, 3.63) is 65.3 Å². The van der Waals surface area contributed by atoms with Crippen LogP contribution in [0.4, 0.5) is 16.3 Å². The summed E-state index contributed by atoms with van der Waals surface area (Å²) in [6.45, 7) is 3.74. The Labute approximate surface area is 241 Å². The highest BCUT2D eigenvalue weighted by Gasteiger charge is 2.46. The normalized spacial score (nSPS) is 20.0. The van der Waals surface area contributed by atoms with E-state index in [2.05, 4.69) is 25.3 Å². The lowest BCUT2D eigenvalue weighted by atomic mass is 10.1. The van der Waals surface area contributed by atoms with Gasteiger partial charge >= 0.3 is 12.0 Å². The number of aromatic nitrogens is 6. The third-order valence-electron chi connectivity index (χ3n) is 7.83. The fraction of sp³-hybridized carbons (Fsp3) is 0.379. The maximum Gasteiger partial charge on any atom is 0.331 e. The van der Waals surface area contributed by atoms with Crippen LogP contribution in [0.25, 0.3) is 5.65 Å².